The van der Waals surface area contributed by atoms with E-state index >= 15 is 0 Å². The average molecular weight is 289 g/mol. The van der Waals surface area contributed by atoms with E-state index in [9.17, 15) is 4.79 Å². The van der Waals surface area contributed by atoms with Crippen LogP contribution in [0.25, 0.3) is 0 Å². The highest BCUT2D eigenvalue weighted by Crippen LogP contribution is 2.28. The minimum absolute atomic E-state index is 0.497. The number of carbonyl (C=O) groups is 1. The normalized spacial score (nSPS) is 10.5. The van der Waals surface area contributed by atoms with Gasteiger partial charge in [0.25, 0.3) is 0 Å². The molecule has 0 spiro atoms. The Bertz CT molecular complexity index is 541. The Labute approximate surface area is 127 Å². The minimum atomic E-state index is -0.497. The summed E-state index contributed by atoms with van der Waals surface area (Å²) in [5.41, 5.74) is 1.06. The Balaban J connectivity index is 3.12. The summed E-state index contributed by atoms with van der Waals surface area (Å²) in [7, 11) is 3.33. The molecular formula is C17H23NO3. The standard InChI is InChI=1S/C17H23NO3/c1-6-11-21-16-12-14(9-10-17(2,3)20-5)7-8-15(16)18(4)13-19/h7-8,12-13H,6,11H2,1-5H3. The fourth-order valence-electron chi connectivity index (χ4n) is 1.54. The Morgan fingerprint density at radius 1 is 1.38 bits per heavy atom. The molecule has 0 fully saturated rings. The molecule has 1 amide bonds. The molecular weight excluding hydrogens is 266 g/mol. The fraction of sp³-hybridized carbons (Fsp3) is 0.471. The van der Waals surface area contributed by atoms with Crippen molar-refractivity contribution < 1.29 is 14.3 Å². The summed E-state index contributed by atoms with van der Waals surface area (Å²) in [6, 6.07) is 5.56. The van der Waals surface area contributed by atoms with Crippen LogP contribution in [0.1, 0.15) is 32.8 Å². The topological polar surface area (TPSA) is 38.8 Å². The van der Waals surface area contributed by atoms with Crippen molar-refractivity contribution in [2.45, 2.75) is 32.8 Å². The number of carbonyl (C=O) groups excluding carboxylic acids is 1. The lowest BCUT2D eigenvalue weighted by Crippen LogP contribution is -2.19. The van der Waals surface area contributed by atoms with E-state index < -0.39 is 5.60 Å². The second-order valence-corrected chi connectivity index (χ2v) is 5.21. The van der Waals surface area contributed by atoms with E-state index in [2.05, 4.69) is 11.8 Å². The van der Waals surface area contributed by atoms with Crippen molar-refractivity contribution in [2.75, 3.05) is 25.7 Å². The van der Waals surface area contributed by atoms with Crippen molar-refractivity contribution in [3.05, 3.63) is 23.8 Å². The molecule has 21 heavy (non-hydrogen) atoms. The van der Waals surface area contributed by atoms with Gasteiger partial charge in [-0.3, -0.25) is 4.79 Å². The van der Waals surface area contributed by atoms with Crippen LogP contribution < -0.4 is 9.64 Å². The number of methoxy groups -OCH3 is 1. The first-order valence-corrected chi connectivity index (χ1v) is 6.97. The summed E-state index contributed by atoms with van der Waals surface area (Å²) in [5, 5.41) is 0. The molecule has 0 heterocycles. The number of anilines is 1. The zero-order valence-electron chi connectivity index (χ0n) is 13.4. The average Bonchev–Trinajstić information content (AvgIpc) is 2.50. The third kappa shape index (κ3) is 5.13. The molecule has 0 aliphatic rings. The van der Waals surface area contributed by atoms with E-state index in [1.165, 1.54) is 4.90 Å². The predicted octanol–water partition coefficient (Wildman–Crippen LogP) is 2.84. The van der Waals surface area contributed by atoms with Gasteiger partial charge in [0.15, 0.2) is 0 Å². The molecule has 1 aromatic rings. The molecule has 4 nitrogen and oxygen atoms in total. The quantitative estimate of drug-likeness (QED) is 0.597. The SMILES string of the molecule is CCCOc1cc(C#CC(C)(C)OC)ccc1N(C)C=O. The first-order valence-electron chi connectivity index (χ1n) is 6.97. The maximum absolute atomic E-state index is 10.9. The second-order valence-electron chi connectivity index (χ2n) is 5.21. The lowest BCUT2D eigenvalue weighted by Gasteiger charge is -2.17. The number of amides is 1. The van der Waals surface area contributed by atoms with Crippen LogP contribution in [0.2, 0.25) is 0 Å². The van der Waals surface area contributed by atoms with Gasteiger partial charge < -0.3 is 14.4 Å². The molecule has 1 aromatic carbocycles. The molecule has 114 valence electrons. The predicted molar refractivity (Wildman–Crippen MR) is 84.7 cm³/mol. The van der Waals surface area contributed by atoms with Gasteiger partial charge in [0, 0.05) is 19.7 Å². The summed E-state index contributed by atoms with van der Waals surface area (Å²) in [6.45, 7) is 6.44. The molecule has 0 aliphatic heterocycles. The summed E-state index contributed by atoms with van der Waals surface area (Å²) in [5.74, 6) is 6.80. The Kier molecular flexibility index (Phi) is 6.26. The molecule has 0 aromatic heterocycles. The Morgan fingerprint density at radius 3 is 2.67 bits per heavy atom. The highest BCUT2D eigenvalue weighted by atomic mass is 16.5. The summed E-state index contributed by atoms with van der Waals surface area (Å²) in [6.07, 6.45) is 1.66. The number of nitrogens with zero attached hydrogens (tertiary/aromatic N) is 1. The lowest BCUT2D eigenvalue weighted by molar-refractivity contribution is -0.107. The van der Waals surface area contributed by atoms with Gasteiger partial charge in [0.1, 0.15) is 11.4 Å². The lowest BCUT2D eigenvalue weighted by atomic mass is 10.1. The van der Waals surface area contributed by atoms with Gasteiger partial charge in [-0.1, -0.05) is 18.8 Å². The number of rotatable bonds is 6. The Hall–Kier alpha value is -1.99. The van der Waals surface area contributed by atoms with Crippen molar-refractivity contribution in [3.63, 3.8) is 0 Å². The number of hydrogen-bond acceptors (Lipinski definition) is 3. The molecule has 0 saturated heterocycles. The van der Waals surface area contributed by atoms with Gasteiger partial charge in [0.2, 0.25) is 6.41 Å². The highest BCUT2D eigenvalue weighted by molar-refractivity contribution is 5.78. The monoisotopic (exact) mass is 289 g/mol. The van der Waals surface area contributed by atoms with Crippen molar-refractivity contribution >= 4 is 12.1 Å². The molecule has 4 heteroatoms. The molecule has 1 rings (SSSR count). The smallest absolute Gasteiger partial charge is 0.213 e. The molecule has 0 atom stereocenters. The van der Waals surface area contributed by atoms with Gasteiger partial charge in [-0.25, -0.2) is 0 Å². The summed E-state index contributed by atoms with van der Waals surface area (Å²) in [4.78, 5) is 12.4. The van der Waals surface area contributed by atoms with E-state index in [4.69, 9.17) is 9.47 Å². The van der Waals surface area contributed by atoms with Crippen molar-refractivity contribution in [1.82, 2.24) is 0 Å². The van der Waals surface area contributed by atoms with Gasteiger partial charge in [-0.2, -0.15) is 0 Å². The van der Waals surface area contributed by atoms with Crippen LogP contribution >= 0.6 is 0 Å². The van der Waals surface area contributed by atoms with Crippen LogP contribution in [0.15, 0.2) is 18.2 Å². The van der Waals surface area contributed by atoms with Crippen molar-refractivity contribution in [2.24, 2.45) is 0 Å². The Morgan fingerprint density at radius 2 is 2.10 bits per heavy atom. The molecule has 0 bridgehead atoms. The van der Waals surface area contributed by atoms with E-state index in [1.807, 2.05) is 39.0 Å². The van der Waals surface area contributed by atoms with Gasteiger partial charge in [0.05, 0.1) is 12.3 Å². The first-order chi connectivity index (χ1) is 9.93. The number of hydrogen-bond donors (Lipinski definition) is 0. The third-order valence-corrected chi connectivity index (χ3v) is 2.98. The molecule has 0 N–H and O–H groups in total. The van der Waals surface area contributed by atoms with E-state index in [0.717, 1.165) is 24.1 Å². The van der Waals surface area contributed by atoms with E-state index in [-0.39, 0.29) is 0 Å². The highest BCUT2D eigenvalue weighted by Gasteiger charge is 2.12. The van der Waals surface area contributed by atoms with Gasteiger partial charge >= 0.3 is 0 Å². The zero-order chi connectivity index (χ0) is 15.9. The summed E-state index contributed by atoms with van der Waals surface area (Å²) < 4.78 is 11.0. The largest absolute Gasteiger partial charge is 0.491 e. The van der Waals surface area contributed by atoms with Crippen LogP contribution in [-0.4, -0.2) is 32.8 Å². The van der Waals surface area contributed by atoms with Crippen LogP contribution in [0.3, 0.4) is 0 Å². The van der Waals surface area contributed by atoms with Crippen LogP contribution in [0.5, 0.6) is 5.75 Å². The fourth-order valence-corrected chi connectivity index (χ4v) is 1.54. The van der Waals surface area contributed by atoms with E-state index in [1.54, 1.807) is 14.2 Å². The molecule has 0 saturated carbocycles. The second kappa shape index (κ2) is 7.70. The number of benzene rings is 1. The van der Waals surface area contributed by atoms with Gasteiger partial charge in [-0.05, 0) is 38.5 Å². The van der Waals surface area contributed by atoms with Crippen molar-refractivity contribution in [1.29, 1.82) is 0 Å². The molecule has 0 aliphatic carbocycles. The van der Waals surface area contributed by atoms with Gasteiger partial charge in [-0.15, -0.1) is 0 Å². The zero-order valence-corrected chi connectivity index (χ0v) is 13.4. The molecule has 0 radical (unpaired) electrons. The van der Waals surface area contributed by atoms with E-state index in [0.29, 0.717) is 12.4 Å². The van der Waals surface area contributed by atoms with Crippen LogP contribution in [0, 0.1) is 11.8 Å². The first kappa shape index (κ1) is 17.1. The maximum Gasteiger partial charge on any atom is 0.213 e. The minimum Gasteiger partial charge on any atom is -0.491 e. The molecule has 0 unspecified atom stereocenters. The van der Waals surface area contributed by atoms with Crippen LogP contribution in [0.4, 0.5) is 5.69 Å². The van der Waals surface area contributed by atoms with Crippen LogP contribution in [-0.2, 0) is 9.53 Å². The number of ether oxygens (including phenoxy) is 2. The summed E-state index contributed by atoms with van der Waals surface area (Å²) >= 11 is 0. The van der Waals surface area contributed by atoms with Crippen molar-refractivity contribution in [3.8, 4) is 17.6 Å². The maximum atomic E-state index is 10.9. The third-order valence-electron chi connectivity index (χ3n) is 2.98.